The van der Waals surface area contributed by atoms with E-state index in [1.54, 1.807) is 11.8 Å². The second kappa shape index (κ2) is 4.80. The Kier molecular flexibility index (Phi) is 3.73. The van der Waals surface area contributed by atoms with Crippen LogP contribution >= 0.6 is 11.8 Å². The van der Waals surface area contributed by atoms with Crippen molar-refractivity contribution in [3.8, 4) is 0 Å². The highest BCUT2D eigenvalue weighted by atomic mass is 32.2. The monoisotopic (exact) mass is 276 g/mol. The normalized spacial score (nSPS) is 30.9. The number of nitrogens with one attached hydrogen (secondary N) is 1. The van der Waals surface area contributed by atoms with Crippen LogP contribution in [0.2, 0.25) is 0 Å². The van der Waals surface area contributed by atoms with E-state index in [9.17, 15) is 8.42 Å². The van der Waals surface area contributed by atoms with Gasteiger partial charge in [-0.2, -0.15) is 0 Å². The molecule has 0 radical (unpaired) electrons. The molecule has 1 unspecified atom stereocenters. The predicted octanol–water partition coefficient (Wildman–Crippen LogP) is 1.28. The van der Waals surface area contributed by atoms with E-state index in [1.807, 2.05) is 0 Å². The van der Waals surface area contributed by atoms with E-state index in [2.05, 4.69) is 24.2 Å². The zero-order chi connectivity index (χ0) is 12.5. The first kappa shape index (κ1) is 13.2. The summed E-state index contributed by atoms with van der Waals surface area (Å²) in [6.45, 7) is 5.73. The third kappa shape index (κ3) is 3.37. The average molecular weight is 276 g/mol. The Labute approximate surface area is 108 Å². The molecule has 0 saturated carbocycles. The van der Waals surface area contributed by atoms with Gasteiger partial charge in [-0.25, -0.2) is 8.42 Å². The Morgan fingerprint density at radius 2 is 2.29 bits per heavy atom. The van der Waals surface area contributed by atoms with Crippen molar-refractivity contribution in [2.24, 2.45) is 10.4 Å². The fourth-order valence-electron chi connectivity index (χ4n) is 2.04. The van der Waals surface area contributed by atoms with Gasteiger partial charge in [0, 0.05) is 18.8 Å². The first-order valence-corrected chi connectivity index (χ1v) is 8.72. The van der Waals surface area contributed by atoms with Crippen molar-refractivity contribution in [3.63, 3.8) is 0 Å². The number of nitrogens with zero attached hydrogens (tertiary/aromatic N) is 1. The number of hydrogen-bond acceptors (Lipinski definition) is 5. The standard InChI is InChI=1S/C11H20N2O2S2/c1-11(2)7-13-10(16-8-11)12-6-9-4-3-5-17(9,14)15/h9H,3-8H2,1-2H3,(H,12,13). The topological polar surface area (TPSA) is 58.5 Å². The fourth-order valence-corrected chi connectivity index (χ4v) is 4.76. The summed E-state index contributed by atoms with van der Waals surface area (Å²) >= 11 is 1.70. The van der Waals surface area contributed by atoms with Crippen molar-refractivity contribution in [3.05, 3.63) is 0 Å². The van der Waals surface area contributed by atoms with Gasteiger partial charge in [0.05, 0.1) is 11.0 Å². The minimum absolute atomic E-state index is 0.208. The van der Waals surface area contributed by atoms with Crippen LogP contribution in [-0.2, 0) is 9.84 Å². The van der Waals surface area contributed by atoms with Crippen LogP contribution in [0.4, 0.5) is 0 Å². The molecule has 0 spiro atoms. The summed E-state index contributed by atoms with van der Waals surface area (Å²) in [5.74, 6) is 1.39. The van der Waals surface area contributed by atoms with Gasteiger partial charge < -0.3 is 5.32 Å². The molecular weight excluding hydrogens is 256 g/mol. The van der Waals surface area contributed by atoms with E-state index >= 15 is 0 Å². The molecule has 0 aromatic carbocycles. The van der Waals surface area contributed by atoms with Crippen LogP contribution in [0.3, 0.4) is 0 Å². The highest BCUT2D eigenvalue weighted by Crippen LogP contribution is 2.27. The van der Waals surface area contributed by atoms with Crippen LogP contribution in [0.1, 0.15) is 26.7 Å². The Balaban J connectivity index is 1.86. The Bertz CT molecular complexity index is 415. The maximum atomic E-state index is 11.7. The quantitative estimate of drug-likeness (QED) is 0.825. The molecule has 0 aromatic heterocycles. The van der Waals surface area contributed by atoms with Gasteiger partial charge in [-0.15, -0.1) is 0 Å². The maximum absolute atomic E-state index is 11.7. The third-order valence-electron chi connectivity index (χ3n) is 3.19. The summed E-state index contributed by atoms with van der Waals surface area (Å²) in [6.07, 6.45) is 1.60. The Morgan fingerprint density at radius 3 is 2.82 bits per heavy atom. The summed E-state index contributed by atoms with van der Waals surface area (Å²) in [4.78, 5) is 4.46. The van der Waals surface area contributed by atoms with Crippen LogP contribution in [0, 0.1) is 5.41 Å². The molecule has 2 rings (SSSR count). The molecule has 0 amide bonds. The third-order valence-corrected chi connectivity index (χ3v) is 6.94. The van der Waals surface area contributed by atoms with Gasteiger partial charge in [-0.1, -0.05) is 25.6 Å². The van der Waals surface area contributed by atoms with Crippen molar-refractivity contribution in [1.82, 2.24) is 5.32 Å². The van der Waals surface area contributed by atoms with Crippen molar-refractivity contribution in [2.45, 2.75) is 31.9 Å². The predicted molar refractivity (Wildman–Crippen MR) is 73.4 cm³/mol. The molecular formula is C11H20N2O2S2. The van der Waals surface area contributed by atoms with Gasteiger partial charge in [0.2, 0.25) is 0 Å². The first-order chi connectivity index (χ1) is 7.89. The minimum Gasteiger partial charge on any atom is -0.364 e. The lowest BCUT2D eigenvalue weighted by Crippen LogP contribution is -2.36. The van der Waals surface area contributed by atoms with Crippen molar-refractivity contribution < 1.29 is 8.42 Å². The summed E-state index contributed by atoms with van der Waals surface area (Å²) in [7, 11) is -2.84. The number of rotatable bonds is 2. The van der Waals surface area contributed by atoms with Crippen LogP contribution in [0.5, 0.6) is 0 Å². The van der Waals surface area contributed by atoms with Gasteiger partial charge in [0.1, 0.15) is 0 Å². The average Bonchev–Trinajstić information content (AvgIpc) is 2.56. The molecule has 1 N–H and O–H groups in total. The van der Waals surface area contributed by atoms with Crippen LogP contribution in [0.25, 0.3) is 0 Å². The SMILES string of the molecule is CC1(C)CN=C(NCC2CCCS2(=O)=O)SC1. The first-order valence-electron chi connectivity index (χ1n) is 6.02. The van der Waals surface area contributed by atoms with Crippen LogP contribution < -0.4 is 5.32 Å². The molecule has 2 heterocycles. The highest BCUT2D eigenvalue weighted by Gasteiger charge is 2.31. The molecule has 98 valence electrons. The summed E-state index contributed by atoms with van der Waals surface area (Å²) in [5.41, 5.74) is 0.259. The molecule has 1 fully saturated rings. The number of sulfone groups is 1. The Hall–Kier alpha value is -0.230. The smallest absolute Gasteiger partial charge is 0.156 e. The fraction of sp³-hybridized carbons (Fsp3) is 0.909. The van der Waals surface area contributed by atoms with E-state index in [1.165, 1.54) is 0 Å². The molecule has 2 aliphatic rings. The molecule has 17 heavy (non-hydrogen) atoms. The van der Waals surface area contributed by atoms with Gasteiger partial charge >= 0.3 is 0 Å². The maximum Gasteiger partial charge on any atom is 0.156 e. The van der Waals surface area contributed by atoms with E-state index < -0.39 is 9.84 Å². The van der Waals surface area contributed by atoms with Gasteiger partial charge in [0.25, 0.3) is 0 Å². The van der Waals surface area contributed by atoms with E-state index in [0.29, 0.717) is 12.3 Å². The number of amidine groups is 1. The molecule has 0 aliphatic carbocycles. The second-order valence-electron chi connectivity index (χ2n) is 5.59. The van der Waals surface area contributed by atoms with Gasteiger partial charge in [0.15, 0.2) is 15.0 Å². The van der Waals surface area contributed by atoms with E-state index in [4.69, 9.17) is 0 Å². The van der Waals surface area contributed by atoms with Crippen LogP contribution in [0.15, 0.2) is 4.99 Å². The lowest BCUT2D eigenvalue weighted by atomic mass is 9.97. The number of hydrogen-bond donors (Lipinski definition) is 1. The van der Waals surface area contributed by atoms with Crippen molar-refractivity contribution >= 4 is 26.8 Å². The molecule has 4 nitrogen and oxygen atoms in total. The summed E-state index contributed by atoms with van der Waals surface area (Å²) in [6, 6.07) is 0. The Morgan fingerprint density at radius 1 is 1.53 bits per heavy atom. The lowest BCUT2D eigenvalue weighted by molar-refractivity contribution is 0.436. The van der Waals surface area contributed by atoms with Crippen molar-refractivity contribution in [2.75, 3.05) is 24.6 Å². The van der Waals surface area contributed by atoms with E-state index in [0.717, 1.165) is 30.3 Å². The largest absolute Gasteiger partial charge is 0.364 e. The highest BCUT2D eigenvalue weighted by molar-refractivity contribution is 8.13. The molecule has 1 atom stereocenters. The molecule has 0 bridgehead atoms. The van der Waals surface area contributed by atoms with E-state index in [-0.39, 0.29) is 10.7 Å². The minimum atomic E-state index is -2.84. The second-order valence-corrected chi connectivity index (χ2v) is 8.95. The van der Waals surface area contributed by atoms with Crippen LogP contribution in [-0.4, -0.2) is 43.4 Å². The summed E-state index contributed by atoms with van der Waals surface area (Å²) in [5, 5.41) is 3.89. The van der Waals surface area contributed by atoms with Crippen molar-refractivity contribution in [1.29, 1.82) is 0 Å². The number of aliphatic imine (C=N–C) groups is 1. The lowest BCUT2D eigenvalue weighted by Gasteiger charge is -2.27. The van der Waals surface area contributed by atoms with Gasteiger partial charge in [-0.3, -0.25) is 4.99 Å². The zero-order valence-electron chi connectivity index (χ0n) is 10.4. The van der Waals surface area contributed by atoms with Gasteiger partial charge in [-0.05, 0) is 18.3 Å². The molecule has 1 saturated heterocycles. The summed E-state index contributed by atoms with van der Waals surface area (Å²) < 4.78 is 23.3. The zero-order valence-corrected chi connectivity index (χ0v) is 12.0. The molecule has 2 aliphatic heterocycles. The molecule has 0 aromatic rings. The molecule has 6 heteroatoms. The number of thioether (sulfide) groups is 1.